The van der Waals surface area contributed by atoms with Crippen molar-refractivity contribution >= 4 is 39.2 Å². The summed E-state index contributed by atoms with van der Waals surface area (Å²) in [4.78, 5) is 38.2. The van der Waals surface area contributed by atoms with Crippen LogP contribution in [0.25, 0.3) is 10.2 Å². The van der Waals surface area contributed by atoms with Gasteiger partial charge in [-0.15, -0.1) is 11.3 Å². The van der Waals surface area contributed by atoms with Crippen LogP contribution in [0.1, 0.15) is 49.0 Å². The minimum atomic E-state index is -0.835. The smallest absolute Gasteiger partial charge is 0.243 e. The molecule has 1 aliphatic carbocycles. The normalized spacial score (nSPS) is 19.9. The molecule has 1 saturated carbocycles. The average Bonchev–Trinajstić information content (AvgIpc) is 3.27. The number of nitrogens with zero attached hydrogens (tertiary/aromatic N) is 3. The first-order chi connectivity index (χ1) is 13.4. The number of fused-ring (bicyclic) bond motifs is 1. The van der Waals surface area contributed by atoms with Crippen molar-refractivity contribution in [2.75, 3.05) is 18.0 Å². The zero-order valence-electron chi connectivity index (χ0n) is 16.5. The number of aryl methyl sites for hydroxylation is 2. The van der Waals surface area contributed by atoms with Gasteiger partial charge in [0.1, 0.15) is 22.5 Å². The number of hydrogen-bond acceptors (Lipinski definition) is 6. The summed E-state index contributed by atoms with van der Waals surface area (Å²) in [5.74, 6) is 0.448. The third-order valence-corrected chi connectivity index (χ3v) is 7.52. The van der Waals surface area contributed by atoms with Crippen LogP contribution in [-0.4, -0.2) is 40.4 Å². The molecule has 28 heavy (non-hydrogen) atoms. The zero-order chi connectivity index (χ0) is 19.9. The molecule has 1 saturated heterocycles. The van der Waals surface area contributed by atoms with E-state index in [0.717, 1.165) is 54.8 Å². The molecular formula is C20H27N5O2S. The molecule has 7 nitrogen and oxygen atoms in total. The number of nitrogens with two attached hydrogens (primary N) is 1. The van der Waals surface area contributed by atoms with Gasteiger partial charge in [0.2, 0.25) is 11.8 Å². The van der Waals surface area contributed by atoms with Crippen molar-refractivity contribution in [1.82, 2.24) is 15.3 Å². The quantitative estimate of drug-likeness (QED) is 0.819. The molecule has 1 aliphatic heterocycles. The average molecular weight is 402 g/mol. The summed E-state index contributed by atoms with van der Waals surface area (Å²) < 4.78 is 0. The Morgan fingerprint density at radius 1 is 1.21 bits per heavy atom. The molecule has 0 aromatic carbocycles. The minimum Gasteiger partial charge on any atom is -0.368 e. The van der Waals surface area contributed by atoms with E-state index in [1.807, 2.05) is 0 Å². The number of rotatable bonds is 4. The van der Waals surface area contributed by atoms with E-state index in [2.05, 4.69) is 34.0 Å². The lowest BCUT2D eigenvalue weighted by Crippen LogP contribution is -2.57. The topological polar surface area (TPSA) is 101 Å². The number of anilines is 1. The van der Waals surface area contributed by atoms with Crippen LogP contribution in [0, 0.1) is 19.8 Å². The van der Waals surface area contributed by atoms with Crippen LogP contribution in [0.5, 0.6) is 0 Å². The first-order valence-corrected chi connectivity index (χ1v) is 10.8. The van der Waals surface area contributed by atoms with Crippen LogP contribution >= 0.6 is 11.3 Å². The van der Waals surface area contributed by atoms with Crippen LogP contribution in [0.15, 0.2) is 6.33 Å². The Labute approximate surface area is 168 Å². The second-order valence-corrected chi connectivity index (χ2v) is 9.27. The third-order valence-electron chi connectivity index (χ3n) is 6.40. The molecule has 8 heteroatoms. The van der Waals surface area contributed by atoms with Crippen LogP contribution in [0.4, 0.5) is 5.82 Å². The number of thiophene rings is 1. The maximum Gasteiger partial charge on any atom is 0.243 e. The van der Waals surface area contributed by atoms with E-state index < -0.39 is 11.4 Å². The molecule has 2 aliphatic rings. The first-order valence-electron chi connectivity index (χ1n) is 9.99. The van der Waals surface area contributed by atoms with Crippen molar-refractivity contribution in [3.05, 3.63) is 16.8 Å². The van der Waals surface area contributed by atoms with Gasteiger partial charge in [-0.2, -0.15) is 0 Å². The van der Waals surface area contributed by atoms with Gasteiger partial charge in [-0.1, -0.05) is 12.8 Å². The first kappa shape index (κ1) is 19.1. The standard InChI is InChI=1S/C20H27N5O2S/c1-12-13(2)28-18-15(12)16(22-11-23-18)25-9-5-14(6-10-25)17(26)24-20(19(21)27)7-3-4-8-20/h11,14H,3-10H2,1-2H3,(H2,21,27)(H,24,26). The van der Waals surface area contributed by atoms with Gasteiger partial charge < -0.3 is 16.0 Å². The Morgan fingerprint density at radius 3 is 2.54 bits per heavy atom. The summed E-state index contributed by atoms with van der Waals surface area (Å²) in [5, 5.41) is 4.13. The molecule has 4 rings (SSSR count). The lowest BCUT2D eigenvalue weighted by molar-refractivity contribution is -0.134. The van der Waals surface area contributed by atoms with Gasteiger partial charge in [0.15, 0.2) is 0 Å². The second kappa shape index (κ2) is 7.31. The lowest BCUT2D eigenvalue weighted by Gasteiger charge is -2.35. The summed E-state index contributed by atoms with van der Waals surface area (Å²) in [5.41, 5.74) is 6.00. The SMILES string of the molecule is Cc1sc2ncnc(N3CCC(C(=O)NC4(C(N)=O)CCCC4)CC3)c2c1C. The second-order valence-electron chi connectivity index (χ2n) is 8.06. The van der Waals surface area contributed by atoms with Crippen molar-refractivity contribution in [3.63, 3.8) is 0 Å². The zero-order valence-corrected chi connectivity index (χ0v) is 17.3. The summed E-state index contributed by atoms with van der Waals surface area (Å²) >= 11 is 1.70. The molecule has 0 bridgehead atoms. The van der Waals surface area contributed by atoms with Crippen LogP contribution < -0.4 is 16.0 Å². The van der Waals surface area contributed by atoms with Crippen LogP contribution in [0.3, 0.4) is 0 Å². The highest BCUT2D eigenvalue weighted by Gasteiger charge is 2.42. The molecule has 2 fully saturated rings. The summed E-state index contributed by atoms with van der Waals surface area (Å²) in [7, 11) is 0. The predicted octanol–water partition coefficient (Wildman–Crippen LogP) is 2.44. The number of nitrogens with one attached hydrogen (secondary N) is 1. The van der Waals surface area contributed by atoms with Crippen molar-refractivity contribution < 1.29 is 9.59 Å². The molecule has 150 valence electrons. The monoisotopic (exact) mass is 401 g/mol. The number of hydrogen-bond donors (Lipinski definition) is 2. The number of primary amides is 1. The summed E-state index contributed by atoms with van der Waals surface area (Å²) in [6, 6.07) is 0. The Morgan fingerprint density at radius 2 is 1.89 bits per heavy atom. The van der Waals surface area contributed by atoms with Gasteiger partial charge in [-0.25, -0.2) is 9.97 Å². The highest BCUT2D eigenvalue weighted by Crippen LogP contribution is 2.36. The van der Waals surface area contributed by atoms with E-state index in [9.17, 15) is 9.59 Å². The highest BCUT2D eigenvalue weighted by atomic mass is 32.1. The van der Waals surface area contributed by atoms with Gasteiger partial charge in [0.25, 0.3) is 0 Å². The van der Waals surface area contributed by atoms with Crippen molar-refractivity contribution in [2.45, 2.75) is 57.9 Å². The Balaban J connectivity index is 1.45. The van der Waals surface area contributed by atoms with E-state index >= 15 is 0 Å². The maximum atomic E-state index is 12.8. The number of carbonyl (C=O) groups is 2. The number of amides is 2. The van der Waals surface area contributed by atoms with E-state index in [0.29, 0.717) is 12.8 Å². The van der Waals surface area contributed by atoms with Gasteiger partial charge >= 0.3 is 0 Å². The molecular weight excluding hydrogens is 374 g/mol. The summed E-state index contributed by atoms with van der Waals surface area (Å²) in [6.45, 7) is 5.76. The van der Waals surface area contributed by atoms with E-state index in [1.165, 1.54) is 10.4 Å². The van der Waals surface area contributed by atoms with Crippen molar-refractivity contribution in [3.8, 4) is 0 Å². The highest BCUT2D eigenvalue weighted by molar-refractivity contribution is 7.18. The molecule has 0 atom stereocenters. The van der Waals surface area contributed by atoms with Gasteiger partial charge in [-0.3, -0.25) is 9.59 Å². The fourth-order valence-electron chi connectivity index (χ4n) is 4.51. The van der Waals surface area contributed by atoms with Gasteiger partial charge in [-0.05, 0) is 45.1 Å². The number of carbonyl (C=O) groups excluding carboxylic acids is 2. The van der Waals surface area contributed by atoms with Gasteiger partial charge in [0.05, 0.1) is 5.39 Å². The van der Waals surface area contributed by atoms with E-state index in [4.69, 9.17) is 5.73 Å². The van der Waals surface area contributed by atoms with Crippen molar-refractivity contribution in [1.29, 1.82) is 0 Å². The molecule has 2 aromatic heterocycles. The number of aromatic nitrogens is 2. The minimum absolute atomic E-state index is 0.0317. The fraction of sp³-hybridized carbons (Fsp3) is 0.600. The van der Waals surface area contributed by atoms with E-state index in [-0.39, 0.29) is 11.8 Å². The van der Waals surface area contributed by atoms with Crippen LogP contribution in [-0.2, 0) is 9.59 Å². The lowest BCUT2D eigenvalue weighted by atomic mass is 9.91. The molecule has 0 unspecified atom stereocenters. The summed E-state index contributed by atoms with van der Waals surface area (Å²) in [6.07, 6.45) is 6.30. The largest absolute Gasteiger partial charge is 0.368 e. The number of piperidine rings is 1. The third kappa shape index (κ3) is 3.23. The Kier molecular flexibility index (Phi) is 4.99. The molecule has 3 N–H and O–H groups in total. The molecule has 0 spiro atoms. The predicted molar refractivity (Wildman–Crippen MR) is 110 cm³/mol. The van der Waals surface area contributed by atoms with Crippen LogP contribution in [0.2, 0.25) is 0 Å². The molecule has 2 amide bonds. The molecule has 2 aromatic rings. The van der Waals surface area contributed by atoms with E-state index in [1.54, 1.807) is 17.7 Å². The molecule has 0 radical (unpaired) electrons. The Hall–Kier alpha value is -2.22. The van der Waals surface area contributed by atoms with Crippen molar-refractivity contribution in [2.24, 2.45) is 11.7 Å². The maximum absolute atomic E-state index is 12.8. The molecule has 3 heterocycles. The Bertz CT molecular complexity index is 911. The van der Waals surface area contributed by atoms with Gasteiger partial charge in [0, 0.05) is 23.9 Å². The fourth-order valence-corrected chi connectivity index (χ4v) is 5.50.